The summed E-state index contributed by atoms with van der Waals surface area (Å²) in [6.07, 6.45) is 2.33. The molecular weight excluding hydrogens is 361 g/mol. The SMILES string of the molecule is C=CCN(Cc1ccccc1F)C(=O)CCc1ccc(OC)c(OC)c1OC. The molecule has 150 valence electrons. The molecule has 2 rings (SSSR count). The Morgan fingerprint density at radius 2 is 1.75 bits per heavy atom. The van der Waals surface area contributed by atoms with Crippen molar-refractivity contribution in [3.8, 4) is 17.2 Å². The van der Waals surface area contributed by atoms with Crippen LogP contribution in [0.15, 0.2) is 49.1 Å². The first-order chi connectivity index (χ1) is 13.5. The minimum Gasteiger partial charge on any atom is -0.493 e. The first kappa shape index (κ1) is 21.3. The van der Waals surface area contributed by atoms with Gasteiger partial charge in [0.2, 0.25) is 11.7 Å². The van der Waals surface area contributed by atoms with E-state index < -0.39 is 0 Å². The lowest BCUT2D eigenvalue weighted by Gasteiger charge is -2.22. The number of nitrogens with zero attached hydrogens (tertiary/aromatic N) is 1. The van der Waals surface area contributed by atoms with Crippen LogP contribution < -0.4 is 14.2 Å². The maximum absolute atomic E-state index is 14.0. The predicted octanol–water partition coefficient (Wildman–Crippen LogP) is 4.00. The van der Waals surface area contributed by atoms with Crippen molar-refractivity contribution in [1.82, 2.24) is 4.90 Å². The van der Waals surface area contributed by atoms with E-state index in [1.165, 1.54) is 13.2 Å². The van der Waals surface area contributed by atoms with Gasteiger partial charge in [-0.15, -0.1) is 6.58 Å². The van der Waals surface area contributed by atoms with Gasteiger partial charge in [-0.3, -0.25) is 4.79 Å². The van der Waals surface area contributed by atoms with Crippen LogP contribution in [0.1, 0.15) is 17.5 Å². The van der Waals surface area contributed by atoms with E-state index in [0.29, 0.717) is 35.8 Å². The number of methoxy groups -OCH3 is 3. The van der Waals surface area contributed by atoms with Crippen LogP contribution in [-0.2, 0) is 17.8 Å². The van der Waals surface area contributed by atoms with Gasteiger partial charge in [-0.1, -0.05) is 30.3 Å². The summed E-state index contributed by atoms with van der Waals surface area (Å²) >= 11 is 0. The van der Waals surface area contributed by atoms with Gasteiger partial charge in [0, 0.05) is 25.1 Å². The van der Waals surface area contributed by atoms with Crippen LogP contribution in [0.4, 0.5) is 4.39 Å². The molecule has 2 aromatic carbocycles. The molecule has 5 nitrogen and oxygen atoms in total. The standard InChI is InChI=1S/C22H26FNO4/c1-5-14-24(15-17-8-6-7-9-18(17)23)20(25)13-11-16-10-12-19(26-2)22(28-4)21(16)27-3/h5-10,12H,1,11,13-15H2,2-4H3. The Bertz CT molecular complexity index is 822. The molecule has 2 aromatic rings. The number of hydrogen-bond acceptors (Lipinski definition) is 4. The predicted molar refractivity (Wildman–Crippen MR) is 106 cm³/mol. The highest BCUT2D eigenvalue weighted by Crippen LogP contribution is 2.40. The van der Waals surface area contributed by atoms with Gasteiger partial charge in [0.15, 0.2) is 11.5 Å². The normalized spacial score (nSPS) is 10.3. The van der Waals surface area contributed by atoms with E-state index in [1.807, 2.05) is 6.07 Å². The molecule has 0 spiro atoms. The number of ether oxygens (including phenoxy) is 3. The number of amides is 1. The molecule has 0 atom stereocenters. The smallest absolute Gasteiger partial charge is 0.223 e. The van der Waals surface area contributed by atoms with Gasteiger partial charge in [0.25, 0.3) is 0 Å². The van der Waals surface area contributed by atoms with Crippen LogP contribution in [0.3, 0.4) is 0 Å². The fraction of sp³-hybridized carbons (Fsp3) is 0.318. The second-order valence-corrected chi connectivity index (χ2v) is 6.15. The topological polar surface area (TPSA) is 48.0 Å². The van der Waals surface area contributed by atoms with E-state index in [-0.39, 0.29) is 24.7 Å². The third-order valence-electron chi connectivity index (χ3n) is 4.42. The van der Waals surface area contributed by atoms with Crippen LogP contribution in [0.25, 0.3) is 0 Å². The molecule has 0 bridgehead atoms. The molecule has 0 aliphatic rings. The fourth-order valence-electron chi connectivity index (χ4n) is 3.00. The van der Waals surface area contributed by atoms with Crippen molar-refractivity contribution in [3.05, 3.63) is 66.0 Å². The van der Waals surface area contributed by atoms with Gasteiger partial charge < -0.3 is 19.1 Å². The molecule has 0 aliphatic carbocycles. The largest absolute Gasteiger partial charge is 0.493 e. The van der Waals surface area contributed by atoms with Crippen molar-refractivity contribution >= 4 is 5.91 Å². The van der Waals surface area contributed by atoms with E-state index >= 15 is 0 Å². The average molecular weight is 387 g/mol. The average Bonchev–Trinajstić information content (AvgIpc) is 2.72. The van der Waals surface area contributed by atoms with Crippen molar-refractivity contribution in [2.45, 2.75) is 19.4 Å². The number of aryl methyl sites for hydroxylation is 1. The number of carbonyl (C=O) groups is 1. The van der Waals surface area contributed by atoms with Crippen molar-refractivity contribution in [2.24, 2.45) is 0 Å². The lowest BCUT2D eigenvalue weighted by Crippen LogP contribution is -2.31. The Labute approximate surface area is 165 Å². The van der Waals surface area contributed by atoms with Gasteiger partial charge in [-0.05, 0) is 24.1 Å². The molecule has 0 aliphatic heterocycles. The zero-order valence-corrected chi connectivity index (χ0v) is 16.5. The minimum absolute atomic E-state index is 0.0972. The Morgan fingerprint density at radius 1 is 1.04 bits per heavy atom. The van der Waals surface area contributed by atoms with Crippen LogP contribution >= 0.6 is 0 Å². The van der Waals surface area contributed by atoms with Crippen molar-refractivity contribution in [1.29, 1.82) is 0 Å². The van der Waals surface area contributed by atoms with E-state index in [1.54, 1.807) is 49.5 Å². The molecule has 6 heteroatoms. The Hall–Kier alpha value is -3.02. The van der Waals surface area contributed by atoms with Gasteiger partial charge in [0.05, 0.1) is 21.3 Å². The molecule has 0 heterocycles. The van der Waals surface area contributed by atoms with E-state index in [2.05, 4.69) is 6.58 Å². The van der Waals surface area contributed by atoms with Crippen LogP contribution in [0.5, 0.6) is 17.2 Å². The highest BCUT2D eigenvalue weighted by Gasteiger charge is 2.19. The Kier molecular flexibility index (Phi) is 7.87. The second kappa shape index (κ2) is 10.3. The molecule has 1 amide bonds. The van der Waals surface area contributed by atoms with Gasteiger partial charge in [-0.25, -0.2) is 4.39 Å². The summed E-state index contributed by atoms with van der Waals surface area (Å²) in [4.78, 5) is 14.3. The van der Waals surface area contributed by atoms with Crippen molar-refractivity contribution < 1.29 is 23.4 Å². The third-order valence-corrected chi connectivity index (χ3v) is 4.42. The van der Waals surface area contributed by atoms with E-state index in [0.717, 1.165) is 5.56 Å². The van der Waals surface area contributed by atoms with Gasteiger partial charge >= 0.3 is 0 Å². The maximum Gasteiger partial charge on any atom is 0.223 e. The number of carbonyl (C=O) groups excluding carboxylic acids is 1. The summed E-state index contributed by atoms with van der Waals surface area (Å²) in [7, 11) is 4.64. The second-order valence-electron chi connectivity index (χ2n) is 6.15. The third kappa shape index (κ3) is 5.03. The number of hydrogen-bond donors (Lipinski definition) is 0. The molecular formula is C22H26FNO4. The molecule has 0 aromatic heterocycles. The molecule has 0 N–H and O–H groups in total. The molecule has 0 fully saturated rings. The lowest BCUT2D eigenvalue weighted by atomic mass is 10.1. The van der Waals surface area contributed by atoms with E-state index in [9.17, 15) is 9.18 Å². The number of halogens is 1. The molecule has 0 radical (unpaired) electrons. The fourth-order valence-corrected chi connectivity index (χ4v) is 3.00. The summed E-state index contributed by atoms with van der Waals surface area (Å²) in [5.41, 5.74) is 1.30. The molecule has 0 saturated carbocycles. The number of rotatable bonds is 10. The zero-order chi connectivity index (χ0) is 20.5. The van der Waals surface area contributed by atoms with Crippen LogP contribution in [0, 0.1) is 5.82 Å². The van der Waals surface area contributed by atoms with E-state index in [4.69, 9.17) is 14.2 Å². The minimum atomic E-state index is -0.328. The Balaban J connectivity index is 2.14. The zero-order valence-electron chi connectivity index (χ0n) is 16.5. The molecule has 0 unspecified atom stereocenters. The van der Waals surface area contributed by atoms with Crippen molar-refractivity contribution in [2.75, 3.05) is 27.9 Å². The quantitative estimate of drug-likeness (QED) is 0.578. The summed E-state index contributed by atoms with van der Waals surface area (Å²) in [6.45, 7) is 4.23. The van der Waals surface area contributed by atoms with Crippen LogP contribution in [0.2, 0.25) is 0 Å². The first-order valence-electron chi connectivity index (χ1n) is 8.95. The maximum atomic E-state index is 14.0. The number of benzene rings is 2. The monoisotopic (exact) mass is 387 g/mol. The van der Waals surface area contributed by atoms with Gasteiger partial charge in [0.1, 0.15) is 5.82 Å². The Morgan fingerprint density at radius 3 is 2.36 bits per heavy atom. The lowest BCUT2D eigenvalue weighted by molar-refractivity contribution is -0.131. The molecule has 0 saturated heterocycles. The summed E-state index contributed by atoms with van der Waals surface area (Å²) in [6, 6.07) is 10.1. The van der Waals surface area contributed by atoms with Gasteiger partial charge in [-0.2, -0.15) is 0 Å². The summed E-state index contributed by atoms with van der Waals surface area (Å²) in [5, 5.41) is 0. The van der Waals surface area contributed by atoms with Crippen molar-refractivity contribution in [3.63, 3.8) is 0 Å². The highest BCUT2D eigenvalue weighted by atomic mass is 19.1. The van der Waals surface area contributed by atoms with Crippen LogP contribution in [-0.4, -0.2) is 38.7 Å². The molecule has 28 heavy (non-hydrogen) atoms. The highest BCUT2D eigenvalue weighted by molar-refractivity contribution is 5.77. The first-order valence-corrected chi connectivity index (χ1v) is 8.95. The summed E-state index contributed by atoms with van der Waals surface area (Å²) < 4.78 is 30.1. The summed E-state index contributed by atoms with van der Waals surface area (Å²) in [5.74, 6) is 1.16.